The van der Waals surface area contributed by atoms with Crippen LogP contribution in [0.5, 0.6) is 0 Å². The number of hydrogen-bond donors (Lipinski definition) is 2. The standard InChI is InChI=1S/C23H28ClN3O5S/c1-16-6-3-4-12-27(16)33(30,31)19-8-5-7-17(14-19)22(28)26-18-9-10-20(21(24)15-18)23(29)25-11-13-32-2/h5,7-10,14-16H,3-4,6,11-13H2,1-2H3,(H,25,29)(H,26,28). The van der Waals surface area contributed by atoms with Gasteiger partial charge in [-0.05, 0) is 56.2 Å². The normalized spacial score (nSPS) is 16.9. The summed E-state index contributed by atoms with van der Waals surface area (Å²) in [6.07, 6.45) is 2.65. The summed E-state index contributed by atoms with van der Waals surface area (Å²) >= 11 is 6.22. The molecule has 0 aromatic heterocycles. The summed E-state index contributed by atoms with van der Waals surface area (Å²) in [5.41, 5.74) is 0.865. The van der Waals surface area contributed by atoms with Crippen LogP contribution < -0.4 is 10.6 Å². The average Bonchev–Trinajstić information content (AvgIpc) is 2.79. The molecule has 1 atom stereocenters. The van der Waals surface area contributed by atoms with Crippen LogP contribution in [-0.4, -0.2) is 57.4 Å². The molecule has 1 saturated heterocycles. The zero-order valence-electron chi connectivity index (χ0n) is 18.6. The second-order valence-corrected chi connectivity index (χ2v) is 10.2. The first-order valence-electron chi connectivity index (χ1n) is 10.7. The predicted octanol–water partition coefficient (Wildman–Crippen LogP) is 3.53. The fourth-order valence-corrected chi connectivity index (χ4v) is 5.72. The smallest absolute Gasteiger partial charge is 0.255 e. The highest BCUT2D eigenvalue weighted by Crippen LogP contribution is 2.26. The molecule has 2 N–H and O–H groups in total. The molecule has 0 saturated carbocycles. The van der Waals surface area contributed by atoms with Crippen molar-refractivity contribution in [1.82, 2.24) is 9.62 Å². The number of nitrogens with zero attached hydrogens (tertiary/aromatic N) is 1. The highest BCUT2D eigenvalue weighted by Gasteiger charge is 2.31. The van der Waals surface area contributed by atoms with Gasteiger partial charge in [0, 0.05) is 37.5 Å². The van der Waals surface area contributed by atoms with E-state index in [0.29, 0.717) is 25.4 Å². The van der Waals surface area contributed by atoms with Crippen LogP contribution in [0.15, 0.2) is 47.4 Å². The molecule has 8 nitrogen and oxygen atoms in total. The Kier molecular flexibility index (Phi) is 8.47. The average molecular weight is 494 g/mol. The summed E-state index contributed by atoms with van der Waals surface area (Å²) in [5.74, 6) is -0.827. The van der Waals surface area contributed by atoms with E-state index < -0.39 is 15.9 Å². The molecule has 1 aliphatic rings. The van der Waals surface area contributed by atoms with Gasteiger partial charge in [0.25, 0.3) is 11.8 Å². The summed E-state index contributed by atoms with van der Waals surface area (Å²) in [7, 11) is -2.16. The van der Waals surface area contributed by atoms with Crippen LogP contribution >= 0.6 is 11.6 Å². The van der Waals surface area contributed by atoms with Crippen molar-refractivity contribution < 1.29 is 22.7 Å². The third kappa shape index (κ3) is 6.11. The minimum absolute atomic E-state index is 0.0754. The Balaban J connectivity index is 1.73. The summed E-state index contributed by atoms with van der Waals surface area (Å²) in [4.78, 5) is 25.1. The first-order chi connectivity index (χ1) is 15.7. The van der Waals surface area contributed by atoms with Crippen molar-refractivity contribution in [3.05, 3.63) is 58.6 Å². The van der Waals surface area contributed by atoms with E-state index in [1.54, 1.807) is 18.2 Å². The Hall–Kier alpha value is -2.46. The second kappa shape index (κ2) is 11.1. The number of benzene rings is 2. The van der Waals surface area contributed by atoms with Gasteiger partial charge in [0.1, 0.15) is 0 Å². The number of piperidine rings is 1. The lowest BCUT2D eigenvalue weighted by Gasteiger charge is -2.32. The summed E-state index contributed by atoms with van der Waals surface area (Å²) in [6.45, 7) is 3.10. The topological polar surface area (TPSA) is 105 Å². The molecule has 0 bridgehead atoms. The SMILES string of the molecule is COCCNC(=O)c1ccc(NC(=O)c2cccc(S(=O)(=O)N3CCCCC3C)c2)cc1Cl. The van der Waals surface area contributed by atoms with E-state index in [4.69, 9.17) is 16.3 Å². The van der Waals surface area contributed by atoms with Crippen LogP contribution in [-0.2, 0) is 14.8 Å². The second-order valence-electron chi connectivity index (χ2n) is 7.89. The first kappa shape index (κ1) is 25.2. The number of carbonyl (C=O) groups is 2. The van der Waals surface area contributed by atoms with E-state index >= 15 is 0 Å². The molecule has 10 heteroatoms. The van der Waals surface area contributed by atoms with Gasteiger partial charge in [0.15, 0.2) is 0 Å². The van der Waals surface area contributed by atoms with Crippen LogP contribution in [0.3, 0.4) is 0 Å². The Morgan fingerprint density at radius 3 is 2.64 bits per heavy atom. The number of carbonyl (C=O) groups excluding carboxylic acids is 2. The summed E-state index contributed by atoms with van der Waals surface area (Å²) in [6, 6.07) is 10.5. The highest BCUT2D eigenvalue weighted by molar-refractivity contribution is 7.89. The minimum atomic E-state index is -3.69. The molecule has 178 valence electrons. The number of amides is 2. The molecule has 0 aliphatic carbocycles. The number of halogens is 1. The van der Waals surface area contributed by atoms with Gasteiger partial charge in [0.2, 0.25) is 10.0 Å². The molecule has 2 aromatic rings. The van der Waals surface area contributed by atoms with Crippen molar-refractivity contribution in [1.29, 1.82) is 0 Å². The molecular weight excluding hydrogens is 466 g/mol. The van der Waals surface area contributed by atoms with Gasteiger partial charge in [-0.3, -0.25) is 9.59 Å². The third-order valence-corrected chi connectivity index (χ3v) is 7.83. The van der Waals surface area contributed by atoms with Crippen LogP contribution in [0.2, 0.25) is 5.02 Å². The van der Waals surface area contributed by atoms with Crippen molar-refractivity contribution in [3.8, 4) is 0 Å². The molecule has 33 heavy (non-hydrogen) atoms. The van der Waals surface area contributed by atoms with Crippen LogP contribution in [0.1, 0.15) is 46.9 Å². The lowest BCUT2D eigenvalue weighted by Crippen LogP contribution is -2.41. The summed E-state index contributed by atoms with van der Waals surface area (Å²) < 4.78 is 32.6. The van der Waals surface area contributed by atoms with Gasteiger partial charge in [0.05, 0.1) is 22.1 Å². The number of rotatable bonds is 8. The number of ether oxygens (including phenoxy) is 1. The van der Waals surface area contributed by atoms with Crippen molar-refractivity contribution in [2.75, 3.05) is 32.1 Å². The maximum atomic E-state index is 13.1. The van der Waals surface area contributed by atoms with Gasteiger partial charge < -0.3 is 15.4 Å². The Morgan fingerprint density at radius 1 is 1.15 bits per heavy atom. The van der Waals surface area contributed by atoms with Crippen molar-refractivity contribution >= 4 is 39.1 Å². The molecule has 3 rings (SSSR count). The molecule has 1 fully saturated rings. The van der Waals surface area contributed by atoms with Gasteiger partial charge in [-0.1, -0.05) is 24.1 Å². The van der Waals surface area contributed by atoms with E-state index in [2.05, 4.69) is 10.6 Å². The van der Waals surface area contributed by atoms with E-state index in [1.165, 1.54) is 35.7 Å². The molecular formula is C23H28ClN3O5S. The van der Waals surface area contributed by atoms with Crippen molar-refractivity contribution in [2.45, 2.75) is 37.1 Å². The largest absolute Gasteiger partial charge is 0.383 e. The van der Waals surface area contributed by atoms with Gasteiger partial charge >= 0.3 is 0 Å². The molecule has 1 unspecified atom stereocenters. The Bertz CT molecular complexity index is 1120. The lowest BCUT2D eigenvalue weighted by atomic mass is 10.1. The number of sulfonamides is 1. The van der Waals surface area contributed by atoms with Crippen molar-refractivity contribution in [2.24, 2.45) is 0 Å². The van der Waals surface area contributed by atoms with Crippen LogP contribution in [0.25, 0.3) is 0 Å². The maximum absolute atomic E-state index is 13.1. The number of methoxy groups -OCH3 is 1. The third-order valence-electron chi connectivity index (χ3n) is 5.51. The molecule has 0 spiro atoms. The number of anilines is 1. The number of hydrogen-bond acceptors (Lipinski definition) is 5. The fraction of sp³-hybridized carbons (Fsp3) is 0.391. The fourth-order valence-electron chi connectivity index (χ4n) is 3.70. The van der Waals surface area contributed by atoms with E-state index in [1.807, 2.05) is 6.92 Å². The quantitative estimate of drug-likeness (QED) is 0.547. The predicted molar refractivity (Wildman–Crippen MR) is 127 cm³/mol. The van der Waals surface area contributed by atoms with Crippen LogP contribution in [0.4, 0.5) is 5.69 Å². The maximum Gasteiger partial charge on any atom is 0.255 e. The lowest BCUT2D eigenvalue weighted by molar-refractivity contribution is 0.0936. The van der Waals surface area contributed by atoms with Crippen LogP contribution in [0, 0.1) is 0 Å². The van der Waals surface area contributed by atoms with Gasteiger partial charge in [-0.2, -0.15) is 4.31 Å². The Labute approximate surface area is 199 Å². The van der Waals surface area contributed by atoms with E-state index in [9.17, 15) is 18.0 Å². The number of nitrogens with one attached hydrogen (secondary N) is 2. The monoisotopic (exact) mass is 493 g/mol. The molecule has 0 radical (unpaired) electrons. The Morgan fingerprint density at radius 2 is 1.94 bits per heavy atom. The molecule has 1 aliphatic heterocycles. The van der Waals surface area contributed by atoms with E-state index in [0.717, 1.165) is 19.3 Å². The van der Waals surface area contributed by atoms with E-state index in [-0.39, 0.29) is 33.0 Å². The molecule has 2 aromatic carbocycles. The molecule has 1 heterocycles. The zero-order chi connectivity index (χ0) is 24.0. The molecule has 2 amide bonds. The minimum Gasteiger partial charge on any atom is -0.383 e. The van der Waals surface area contributed by atoms with Gasteiger partial charge in [-0.15, -0.1) is 0 Å². The summed E-state index contributed by atoms with van der Waals surface area (Å²) in [5, 5.41) is 5.56. The highest BCUT2D eigenvalue weighted by atomic mass is 35.5. The van der Waals surface area contributed by atoms with Crippen molar-refractivity contribution in [3.63, 3.8) is 0 Å². The van der Waals surface area contributed by atoms with Gasteiger partial charge in [-0.25, -0.2) is 8.42 Å². The zero-order valence-corrected chi connectivity index (χ0v) is 20.2. The first-order valence-corrected chi connectivity index (χ1v) is 12.6.